The maximum atomic E-state index is 13.3. The predicted molar refractivity (Wildman–Crippen MR) is 126 cm³/mol. The number of hydrogen-bond acceptors (Lipinski definition) is 7. The third-order valence-electron chi connectivity index (χ3n) is 5.42. The van der Waals surface area contributed by atoms with Crippen molar-refractivity contribution >= 4 is 49.6 Å². The lowest BCUT2D eigenvalue weighted by atomic mass is 9.96. The number of nitrogen functional groups attached to an aromatic ring is 1. The molecule has 32 heavy (non-hydrogen) atoms. The van der Waals surface area contributed by atoms with Crippen LogP contribution in [0.15, 0.2) is 55.6 Å². The van der Waals surface area contributed by atoms with Crippen molar-refractivity contribution in [2.75, 3.05) is 24.1 Å². The number of fused-ring (bicyclic) bond motifs is 3. The van der Waals surface area contributed by atoms with Crippen LogP contribution in [0.25, 0.3) is 32.3 Å². The molecule has 4 rings (SSSR count). The summed E-state index contributed by atoms with van der Waals surface area (Å²) < 4.78 is 0. The van der Waals surface area contributed by atoms with E-state index in [0.29, 0.717) is 18.5 Å². The normalized spacial score (nSPS) is 11.3. The third kappa shape index (κ3) is 3.15. The van der Waals surface area contributed by atoms with Crippen LogP contribution in [0.3, 0.4) is 0 Å². The minimum atomic E-state index is -0.721. The Morgan fingerprint density at radius 1 is 0.938 bits per heavy atom. The number of H-pyrrole nitrogens is 1. The van der Waals surface area contributed by atoms with E-state index in [1.54, 1.807) is 19.1 Å². The summed E-state index contributed by atoms with van der Waals surface area (Å²) in [6, 6.07) is 6.32. The smallest absolute Gasteiger partial charge is 0.261 e. The molecule has 9 heteroatoms. The van der Waals surface area contributed by atoms with Crippen molar-refractivity contribution in [2.45, 2.75) is 13.3 Å². The van der Waals surface area contributed by atoms with Crippen molar-refractivity contribution in [1.29, 1.82) is 0 Å². The van der Waals surface area contributed by atoms with Crippen molar-refractivity contribution in [2.24, 2.45) is 0 Å². The van der Waals surface area contributed by atoms with Crippen molar-refractivity contribution in [1.82, 2.24) is 10.3 Å². The fraction of sp³-hybridized carbons (Fsp3) is 0.174. The number of nitrogens with one attached hydrogen (secondary N) is 3. The van der Waals surface area contributed by atoms with Crippen molar-refractivity contribution in [3.8, 4) is 0 Å². The molecule has 1 heterocycles. The molecule has 0 atom stereocenters. The zero-order valence-corrected chi connectivity index (χ0v) is 17.3. The first-order valence-electron chi connectivity index (χ1n) is 9.95. The molecular formula is C23H20N4O5. The SMILES string of the molecule is C=C(C)C(=O)NCCCNc1c2c(=O)[nH]c(=O)c2c(N)c2c(=O)c3ccccc3c(=O)c12. The van der Waals surface area contributed by atoms with Gasteiger partial charge in [0.05, 0.1) is 32.9 Å². The lowest BCUT2D eigenvalue weighted by Gasteiger charge is -2.13. The van der Waals surface area contributed by atoms with Gasteiger partial charge in [0, 0.05) is 29.4 Å². The Hall–Kier alpha value is -4.27. The highest BCUT2D eigenvalue weighted by atomic mass is 16.2. The lowest BCUT2D eigenvalue weighted by molar-refractivity contribution is -0.117. The van der Waals surface area contributed by atoms with E-state index in [2.05, 4.69) is 22.2 Å². The number of aromatic nitrogens is 1. The van der Waals surface area contributed by atoms with Crippen LogP contribution < -0.4 is 38.3 Å². The molecule has 0 aliphatic heterocycles. The third-order valence-corrected chi connectivity index (χ3v) is 5.42. The van der Waals surface area contributed by atoms with Gasteiger partial charge in [0.25, 0.3) is 11.1 Å². The molecule has 0 bridgehead atoms. The Labute approximate surface area is 180 Å². The summed E-state index contributed by atoms with van der Waals surface area (Å²) in [6.45, 7) is 5.72. The summed E-state index contributed by atoms with van der Waals surface area (Å²) in [6.07, 6.45) is 0.446. The summed E-state index contributed by atoms with van der Waals surface area (Å²) >= 11 is 0. The van der Waals surface area contributed by atoms with E-state index in [-0.39, 0.29) is 56.1 Å². The van der Waals surface area contributed by atoms with E-state index in [9.17, 15) is 24.0 Å². The number of benzene rings is 3. The Morgan fingerprint density at radius 3 is 2.16 bits per heavy atom. The van der Waals surface area contributed by atoms with Crippen LogP contribution in [0.1, 0.15) is 13.3 Å². The molecule has 162 valence electrons. The second-order valence-electron chi connectivity index (χ2n) is 7.59. The second kappa shape index (κ2) is 7.77. The van der Waals surface area contributed by atoms with Gasteiger partial charge in [-0.2, -0.15) is 0 Å². The van der Waals surface area contributed by atoms with Crippen LogP contribution in [0.5, 0.6) is 0 Å². The molecule has 0 fully saturated rings. The topological polar surface area (TPSA) is 151 Å². The van der Waals surface area contributed by atoms with Crippen LogP contribution in [0, 0.1) is 0 Å². The molecular weight excluding hydrogens is 412 g/mol. The summed E-state index contributed by atoms with van der Waals surface area (Å²) in [4.78, 5) is 65.3. The molecule has 0 unspecified atom stereocenters. The molecule has 0 saturated carbocycles. The molecule has 3 aromatic carbocycles. The summed E-state index contributed by atoms with van der Waals surface area (Å²) in [7, 11) is 0. The van der Waals surface area contributed by atoms with Crippen molar-refractivity contribution in [3.05, 3.63) is 77.6 Å². The summed E-state index contributed by atoms with van der Waals surface area (Å²) in [5.41, 5.74) is 4.06. The number of anilines is 2. The van der Waals surface area contributed by atoms with Crippen molar-refractivity contribution < 1.29 is 4.79 Å². The first-order chi connectivity index (χ1) is 15.2. The van der Waals surface area contributed by atoms with E-state index in [1.807, 2.05) is 0 Å². The molecule has 5 N–H and O–H groups in total. The van der Waals surface area contributed by atoms with Gasteiger partial charge in [-0.25, -0.2) is 0 Å². The van der Waals surface area contributed by atoms with Gasteiger partial charge in [-0.05, 0) is 13.3 Å². The van der Waals surface area contributed by atoms with Crippen LogP contribution in [0.4, 0.5) is 11.4 Å². The number of amides is 1. The predicted octanol–water partition coefficient (Wildman–Crippen LogP) is 0.867. The summed E-state index contributed by atoms with van der Waals surface area (Å²) in [5, 5.41) is 5.80. The lowest BCUT2D eigenvalue weighted by Crippen LogP contribution is -2.26. The maximum absolute atomic E-state index is 13.3. The van der Waals surface area contributed by atoms with Crippen LogP contribution in [0.2, 0.25) is 0 Å². The molecule has 0 aliphatic carbocycles. The Kier molecular flexibility index (Phi) is 5.09. The van der Waals surface area contributed by atoms with Crippen LogP contribution in [-0.2, 0) is 4.79 Å². The van der Waals surface area contributed by atoms with Gasteiger partial charge in [0.2, 0.25) is 5.91 Å². The largest absolute Gasteiger partial charge is 0.397 e. The minimum Gasteiger partial charge on any atom is -0.397 e. The quantitative estimate of drug-likeness (QED) is 0.116. The number of aromatic amines is 1. The highest BCUT2D eigenvalue weighted by Gasteiger charge is 2.24. The van der Waals surface area contributed by atoms with Gasteiger partial charge in [-0.15, -0.1) is 0 Å². The monoisotopic (exact) mass is 432 g/mol. The van der Waals surface area contributed by atoms with E-state index in [4.69, 9.17) is 5.73 Å². The molecule has 0 spiro atoms. The molecule has 1 aromatic heterocycles. The fourth-order valence-corrected chi connectivity index (χ4v) is 3.90. The average Bonchev–Trinajstić information content (AvgIpc) is 3.06. The van der Waals surface area contributed by atoms with Gasteiger partial charge in [-0.3, -0.25) is 29.0 Å². The average molecular weight is 432 g/mol. The van der Waals surface area contributed by atoms with Crippen molar-refractivity contribution in [3.63, 3.8) is 0 Å². The molecule has 0 saturated heterocycles. The van der Waals surface area contributed by atoms with Crippen LogP contribution in [-0.4, -0.2) is 24.0 Å². The Balaban J connectivity index is 1.93. The minimum absolute atomic E-state index is 0.0271. The first kappa shape index (κ1) is 21.0. The van der Waals surface area contributed by atoms with E-state index < -0.39 is 22.0 Å². The highest BCUT2D eigenvalue weighted by molar-refractivity contribution is 6.21. The Morgan fingerprint density at radius 2 is 1.53 bits per heavy atom. The van der Waals surface area contributed by atoms with Crippen LogP contribution >= 0.6 is 0 Å². The highest BCUT2D eigenvalue weighted by Crippen LogP contribution is 2.33. The molecule has 0 aliphatic rings. The number of carbonyl (C=O) groups excluding carboxylic acids is 1. The first-order valence-corrected chi connectivity index (χ1v) is 9.95. The number of nitrogens with two attached hydrogens (primary N) is 1. The summed E-state index contributed by atoms with van der Waals surface area (Å²) in [5.74, 6) is -0.280. The molecule has 9 nitrogen and oxygen atoms in total. The molecule has 4 aromatic rings. The van der Waals surface area contributed by atoms with Gasteiger partial charge in [0.15, 0.2) is 10.9 Å². The fourth-order valence-electron chi connectivity index (χ4n) is 3.90. The maximum Gasteiger partial charge on any atom is 0.261 e. The second-order valence-corrected chi connectivity index (χ2v) is 7.59. The van der Waals surface area contributed by atoms with Gasteiger partial charge in [-0.1, -0.05) is 30.8 Å². The zero-order chi connectivity index (χ0) is 23.2. The van der Waals surface area contributed by atoms with E-state index >= 15 is 0 Å². The standard InChI is InChI=1S/C23H20N4O5/c1-10(2)21(30)26-9-5-8-25-18-15-13(17(24)14-16(18)23(32)27-22(14)31)19(28)11-6-3-4-7-12(11)20(15)29/h3-4,6-7,25H,1,5,8-9,24H2,2H3,(H,26,30)(H,27,31,32). The molecule has 0 radical (unpaired) electrons. The Bertz CT molecular complexity index is 1640. The number of hydrogen-bond donors (Lipinski definition) is 4. The van der Waals surface area contributed by atoms with Gasteiger partial charge < -0.3 is 16.4 Å². The van der Waals surface area contributed by atoms with Gasteiger partial charge in [0.1, 0.15) is 0 Å². The number of rotatable bonds is 6. The van der Waals surface area contributed by atoms with E-state index in [0.717, 1.165) is 0 Å². The van der Waals surface area contributed by atoms with E-state index in [1.165, 1.54) is 12.1 Å². The van der Waals surface area contributed by atoms with Gasteiger partial charge >= 0.3 is 0 Å². The number of carbonyl (C=O) groups is 1. The zero-order valence-electron chi connectivity index (χ0n) is 17.3. The molecule has 1 amide bonds.